The summed E-state index contributed by atoms with van der Waals surface area (Å²) in [5, 5.41) is 26.9. The fourth-order valence-electron chi connectivity index (χ4n) is 2.20. The number of nitrogens with zero attached hydrogens (tertiary/aromatic N) is 2. The highest BCUT2D eigenvalue weighted by Crippen LogP contribution is 2.22. The van der Waals surface area contributed by atoms with Crippen LogP contribution in [0.3, 0.4) is 0 Å². The van der Waals surface area contributed by atoms with Crippen LogP contribution in [0.15, 0.2) is 23.3 Å². The topological polar surface area (TPSA) is 89.4 Å². The van der Waals surface area contributed by atoms with Gasteiger partial charge in [-0.05, 0) is 37.3 Å². The van der Waals surface area contributed by atoms with E-state index in [4.69, 9.17) is 17.0 Å². The lowest BCUT2D eigenvalue weighted by Gasteiger charge is -2.26. The zero-order valence-corrected chi connectivity index (χ0v) is 13.9. The predicted molar refractivity (Wildman–Crippen MR) is 93.0 cm³/mol. The highest BCUT2D eigenvalue weighted by Gasteiger charge is 2.09. The van der Waals surface area contributed by atoms with Gasteiger partial charge in [0.05, 0.1) is 18.9 Å². The number of nitrogens with one attached hydrogen (secondary N) is 2. The van der Waals surface area contributed by atoms with E-state index >= 15 is 0 Å². The highest BCUT2D eigenvalue weighted by molar-refractivity contribution is 7.80. The van der Waals surface area contributed by atoms with Crippen LogP contribution in [0, 0.1) is 0 Å². The van der Waals surface area contributed by atoms with Crippen LogP contribution in [0.5, 0.6) is 11.5 Å². The van der Waals surface area contributed by atoms with Crippen LogP contribution >= 0.6 is 12.2 Å². The molecule has 7 nitrogen and oxygen atoms in total. The molecule has 0 atom stereocenters. The molecule has 0 aliphatic carbocycles. The van der Waals surface area contributed by atoms with Crippen LogP contribution in [-0.2, 0) is 4.74 Å². The molecular weight excluding hydrogens is 316 g/mol. The number of thiocarbonyl (C=S) groups is 1. The van der Waals surface area contributed by atoms with E-state index in [1.54, 1.807) is 6.92 Å². The molecule has 23 heavy (non-hydrogen) atoms. The van der Waals surface area contributed by atoms with Crippen LogP contribution in [0.25, 0.3) is 0 Å². The van der Waals surface area contributed by atoms with Crippen molar-refractivity contribution in [2.24, 2.45) is 5.10 Å². The zero-order valence-electron chi connectivity index (χ0n) is 13.1. The van der Waals surface area contributed by atoms with E-state index in [0.29, 0.717) is 16.4 Å². The van der Waals surface area contributed by atoms with Gasteiger partial charge in [-0.15, -0.1) is 0 Å². The third kappa shape index (κ3) is 5.66. The average Bonchev–Trinajstić information content (AvgIpc) is 2.56. The van der Waals surface area contributed by atoms with Crippen molar-refractivity contribution in [1.82, 2.24) is 15.6 Å². The third-order valence-electron chi connectivity index (χ3n) is 3.51. The Balaban J connectivity index is 1.77. The normalized spacial score (nSPS) is 16.1. The number of hydrazone groups is 1. The molecule has 0 saturated carbocycles. The molecule has 0 unspecified atom stereocenters. The number of morpholine rings is 1. The Morgan fingerprint density at radius 1 is 1.35 bits per heavy atom. The zero-order chi connectivity index (χ0) is 16.7. The second-order valence-electron chi connectivity index (χ2n) is 5.22. The van der Waals surface area contributed by atoms with E-state index in [9.17, 15) is 10.2 Å². The fourth-order valence-corrected chi connectivity index (χ4v) is 2.35. The van der Waals surface area contributed by atoms with E-state index < -0.39 is 0 Å². The van der Waals surface area contributed by atoms with Crippen molar-refractivity contribution >= 4 is 23.0 Å². The second kappa shape index (κ2) is 8.66. The summed E-state index contributed by atoms with van der Waals surface area (Å²) in [7, 11) is 0. The summed E-state index contributed by atoms with van der Waals surface area (Å²) in [5.74, 6) is 0.121. The molecule has 0 amide bonds. The molecular formula is C15H22N4O3S. The van der Waals surface area contributed by atoms with Gasteiger partial charge in [-0.2, -0.15) is 5.10 Å². The van der Waals surface area contributed by atoms with Crippen molar-refractivity contribution in [2.45, 2.75) is 6.92 Å². The Hall–Kier alpha value is -1.90. The Morgan fingerprint density at radius 3 is 2.83 bits per heavy atom. The predicted octanol–water partition coefficient (Wildman–Crippen LogP) is 0.618. The van der Waals surface area contributed by atoms with Crippen molar-refractivity contribution in [3.05, 3.63) is 23.8 Å². The summed E-state index contributed by atoms with van der Waals surface area (Å²) >= 11 is 5.16. The summed E-state index contributed by atoms with van der Waals surface area (Å²) in [5.41, 5.74) is 3.71. The molecule has 1 aliphatic heterocycles. The van der Waals surface area contributed by atoms with Gasteiger partial charge in [0.1, 0.15) is 11.5 Å². The maximum Gasteiger partial charge on any atom is 0.187 e. The van der Waals surface area contributed by atoms with Gasteiger partial charge in [0, 0.05) is 31.7 Å². The molecule has 126 valence electrons. The monoisotopic (exact) mass is 338 g/mol. The lowest BCUT2D eigenvalue weighted by molar-refractivity contribution is 0.0389. The van der Waals surface area contributed by atoms with Crippen molar-refractivity contribution in [2.75, 3.05) is 39.4 Å². The molecule has 1 fully saturated rings. The maximum absolute atomic E-state index is 9.77. The first kappa shape index (κ1) is 17.5. The Morgan fingerprint density at radius 2 is 2.09 bits per heavy atom. The molecule has 1 aromatic rings. The van der Waals surface area contributed by atoms with Crippen LogP contribution in [0.2, 0.25) is 0 Å². The fraction of sp³-hybridized carbons (Fsp3) is 0.467. The summed E-state index contributed by atoms with van der Waals surface area (Å²) < 4.78 is 5.30. The number of aromatic hydroxyl groups is 2. The number of ether oxygens (including phenoxy) is 1. The molecule has 4 N–H and O–H groups in total. The van der Waals surface area contributed by atoms with Crippen molar-refractivity contribution < 1.29 is 14.9 Å². The van der Waals surface area contributed by atoms with E-state index in [1.165, 1.54) is 18.2 Å². The first-order valence-electron chi connectivity index (χ1n) is 7.47. The summed E-state index contributed by atoms with van der Waals surface area (Å²) in [6.45, 7) is 6.77. The van der Waals surface area contributed by atoms with Gasteiger partial charge in [-0.25, -0.2) is 0 Å². The molecule has 0 bridgehead atoms. The molecule has 8 heteroatoms. The Kier molecular flexibility index (Phi) is 6.57. The maximum atomic E-state index is 9.77. The van der Waals surface area contributed by atoms with Gasteiger partial charge in [0.15, 0.2) is 5.11 Å². The van der Waals surface area contributed by atoms with Crippen LogP contribution < -0.4 is 10.7 Å². The Labute approximate surface area is 140 Å². The highest BCUT2D eigenvalue weighted by atomic mass is 32.1. The van der Waals surface area contributed by atoms with Crippen molar-refractivity contribution in [3.63, 3.8) is 0 Å². The lowest BCUT2D eigenvalue weighted by atomic mass is 10.1. The molecule has 1 aromatic carbocycles. The van der Waals surface area contributed by atoms with E-state index in [-0.39, 0.29) is 11.5 Å². The number of hydrogen-bond donors (Lipinski definition) is 4. The first-order valence-corrected chi connectivity index (χ1v) is 7.87. The third-order valence-corrected chi connectivity index (χ3v) is 3.75. The summed E-state index contributed by atoms with van der Waals surface area (Å²) in [6.07, 6.45) is 0. The number of phenols is 2. The van der Waals surface area contributed by atoms with Crippen LogP contribution in [-0.4, -0.2) is 65.3 Å². The number of phenolic OH excluding ortho intramolecular Hbond substituents is 2. The molecule has 0 aromatic heterocycles. The molecule has 0 radical (unpaired) electrons. The Bertz CT molecular complexity index is 574. The van der Waals surface area contributed by atoms with E-state index in [1.807, 2.05) is 0 Å². The van der Waals surface area contributed by atoms with Gasteiger partial charge >= 0.3 is 0 Å². The van der Waals surface area contributed by atoms with Gasteiger partial charge < -0.3 is 20.3 Å². The molecule has 1 heterocycles. The molecule has 0 spiro atoms. The smallest absolute Gasteiger partial charge is 0.187 e. The number of benzene rings is 1. The average molecular weight is 338 g/mol. The minimum atomic E-state index is 0.0528. The standard InChI is InChI=1S/C15H22N4O3S/c1-11(13-10-12(20)2-3-14(13)21)17-18-15(23)16-4-5-19-6-8-22-9-7-19/h2-3,10,20-21H,4-9H2,1H3,(H2,16,18,23). The van der Waals surface area contributed by atoms with Crippen LogP contribution in [0.1, 0.15) is 12.5 Å². The van der Waals surface area contributed by atoms with Crippen molar-refractivity contribution in [3.8, 4) is 11.5 Å². The first-order chi connectivity index (χ1) is 11.1. The van der Waals surface area contributed by atoms with Crippen LogP contribution in [0.4, 0.5) is 0 Å². The molecule has 2 rings (SSSR count). The SMILES string of the molecule is CC(=NNC(=S)NCCN1CCOCC1)c1cc(O)ccc1O. The van der Waals surface area contributed by atoms with Gasteiger partial charge in [-0.3, -0.25) is 10.3 Å². The van der Waals surface area contributed by atoms with Crippen molar-refractivity contribution in [1.29, 1.82) is 0 Å². The van der Waals surface area contributed by atoms with Gasteiger partial charge in [-0.1, -0.05) is 0 Å². The van der Waals surface area contributed by atoms with Gasteiger partial charge in [0.25, 0.3) is 0 Å². The van der Waals surface area contributed by atoms with E-state index in [0.717, 1.165) is 39.4 Å². The largest absolute Gasteiger partial charge is 0.508 e. The van der Waals surface area contributed by atoms with E-state index in [2.05, 4.69) is 20.7 Å². The quantitative estimate of drug-likeness (QED) is 0.271. The summed E-state index contributed by atoms with van der Waals surface area (Å²) in [4.78, 5) is 2.30. The lowest BCUT2D eigenvalue weighted by Crippen LogP contribution is -2.42. The minimum absolute atomic E-state index is 0.0528. The summed E-state index contributed by atoms with van der Waals surface area (Å²) in [6, 6.07) is 4.28. The second-order valence-corrected chi connectivity index (χ2v) is 5.63. The molecule has 1 saturated heterocycles. The minimum Gasteiger partial charge on any atom is -0.508 e. The molecule has 1 aliphatic rings. The number of rotatable bonds is 5. The number of hydrogen-bond acceptors (Lipinski definition) is 6. The van der Waals surface area contributed by atoms with Gasteiger partial charge in [0.2, 0.25) is 0 Å².